The minimum Gasteiger partial charge on any atom is -0.337 e. The highest BCUT2D eigenvalue weighted by molar-refractivity contribution is 8.01. The average Bonchev–Trinajstić information content (AvgIpc) is 2.71. The number of hydrogen-bond donors (Lipinski definition) is 1. The van der Waals surface area contributed by atoms with Crippen LogP contribution < -0.4 is 5.32 Å². The summed E-state index contributed by atoms with van der Waals surface area (Å²) in [6, 6.07) is 9.57. The highest BCUT2D eigenvalue weighted by atomic mass is 32.2. The van der Waals surface area contributed by atoms with Crippen LogP contribution in [0.25, 0.3) is 0 Å². The summed E-state index contributed by atoms with van der Waals surface area (Å²) in [5, 5.41) is 2.84. The Morgan fingerprint density at radius 2 is 2.11 bits per heavy atom. The van der Waals surface area contributed by atoms with Crippen molar-refractivity contribution in [2.24, 2.45) is 0 Å². The van der Waals surface area contributed by atoms with Crippen LogP contribution >= 0.6 is 11.8 Å². The molecule has 1 aromatic carbocycles. The molecule has 0 saturated carbocycles. The van der Waals surface area contributed by atoms with Crippen LogP contribution in [-0.4, -0.2) is 22.3 Å². The molecule has 1 fully saturated rings. The molecule has 1 N–H and O–H groups in total. The standard InChI is InChI=1S/C14H17NO2S/c1-2-11-9-12(16)14(18-11)15-13(17)8-10-6-4-3-5-7-10/h3-7,11,14H,2,8-9H2,1H3,(H,15,17). The summed E-state index contributed by atoms with van der Waals surface area (Å²) in [7, 11) is 0. The zero-order valence-corrected chi connectivity index (χ0v) is 11.2. The second kappa shape index (κ2) is 6.05. The number of benzene rings is 1. The minimum atomic E-state index is -0.342. The van der Waals surface area contributed by atoms with E-state index in [1.807, 2.05) is 30.3 Å². The SMILES string of the molecule is CCC1CC(=O)C(NC(=O)Cc2ccccc2)S1. The van der Waals surface area contributed by atoms with Crippen molar-refractivity contribution in [3.63, 3.8) is 0 Å². The van der Waals surface area contributed by atoms with E-state index in [0.717, 1.165) is 12.0 Å². The van der Waals surface area contributed by atoms with E-state index < -0.39 is 0 Å². The first-order valence-corrected chi connectivity index (χ1v) is 7.14. The number of Topliss-reactive ketones (excluding diaryl/α,β-unsaturated/α-hetero) is 1. The van der Waals surface area contributed by atoms with Crippen LogP contribution in [0.3, 0.4) is 0 Å². The van der Waals surface area contributed by atoms with Gasteiger partial charge in [-0.3, -0.25) is 9.59 Å². The van der Waals surface area contributed by atoms with Crippen molar-refractivity contribution in [2.45, 2.75) is 36.8 Å². The number of carbonyl (C=O) groups excluding carboxylic acids is 2. The largest absolute Gasteiger partial charge is 0.337 e. The fourth-order valence-corrected chi connectivity index (χ4v) is 3.27. The molecular formula is C14H17NO2S. The van der Waals surface area contributed by atoms with Crippen LogP contribution in [0.15, 0.2) is 30.3 Å². The summed E-state index contributed by atoms with van der Waals surface area (Å²) in [4.78, 5) is 23.5. The highest BCUT2D eigenvalue weighted by Crippen LogP contribution is 2.31. The Labute approximate surface area is 111 Å². The van der Waals surface area contributed by atoms with Crippen LogP contribution in [0, 0.1) is 0 Å². The molecule has 2 unspecified atom stereocenters. The molecule has 1 aliphatic rings. The monoisotopic (exact) mass is 263 g/mol. The number of hydrogen-bond acceptors (Lipinski definition) is 3. The topological polar surface area (TPSA) is 46.2 Å². The van der Waals surface area contributed by atoms with Gasteiger partial charge in [-0.05, 0) is 12.0 Å². The van der Waals surface area contributed by atoms with Gasteiger partial charge < -0.3 is 5.32 Å². The molecule has 1 aliphatic heterocycles. The van der Waals surface area contributed by atoms with Gasteiger partial charge in [-0.1, -0.05) is 37.3 Å². The molecule has 3 nitrogen and oxygen atoms in total. The molecule has 0 radical (unpaired) electrons. The number of thioether (sulfide) groups is 1. The Hall–Kier alpha value is -1.29. The molecule has 0 bridgehead atoms. The highest BCUT2D eigenvalue weighted by Gasteiger charge is 2.32. The van der Waals surface area contributed by atoms with Crippen LogP contribution in [0.1, 0.15) is 25.3 Å². The summed E-state index contributed by atoms with van der Waals surface area (Å²) >= 11 is 1.58. The van der Waals surface area contributed by atoms with Crippen molar-refractivity contribution in [2.75, 3.05) is 0 Å². The van der Waals surface area contributed by atoms with Gasteiger partial charge in [0.05, 0.1) is 6.42 Å². The van der Waals surface area contributed by atoms with Crippen LogP contribution in [-0.2, 0) is 16.0 Å². The molecule has 18 heavy (non-hydrogen) atoms. The van der Waals surface area contributed by atoms with Crippen LogP contribution in [0.2, 0.25) is 0 Å². The van der Waals surface area contributed by atoms with Crippen molar-refractivity contribution in [3.8, 4) is 0 Å². The lowest BCUT2D eigenvalue weighted by Crippen LogP contribution is -2.36. The Morgan fingerprint density at radius 3 is 2.72 bits per heavy atom. The van der Waals surface area contributed by atoms with E-state index in [0.29, 0.717) is 18.1 Å². The first-order valence-electron chi connectivity index (χ1n) is 6.20. The molecule has 0 spiro atoms. The van der Waals surface area contributed by atoms with Gasteiger partial charge in [0.1, 0.15) is 5.37 Å². The predicted octanol–water partition coefficient (Wildman–Crippen LogP) is 2.16. The lowest BCUT2D eigenvalue weighted by molar-refractivity contribution is -0.125. The molecule has 1 saturated heterocycles. The van der Waals surface area contributed by atoms with E-state index in [2.05, 4.69) is 12.2 Å². The van der Waals surface area contributed by atoms with E-state index in [9.17, 15) is 9.59 Å². The molecule has 0 aliphatic carbocycles. The van der Waals surface area contributed by atoms with Crippen molar-refractivity contribution in [1.82, 2.24) is 5.32 Å². The molecule has 2 atom stereocenters. The molecule has 1 amide bonds. The Balaban J connectivity index is 1.87. The Kier molecular flexibility index (Phi) is 4.42. The zero-order valence-electron chi connectivity index (χ0n) is 10.4. The summed E-state index contributed by atoms with van der Waals surface area (Å²) < 4.78 is 0. The minimum absolute atomic E-state index is 0.0798. The van der Waals surface area contributed by atoms with Gasteiger partial charge in [0.15, 0.2) is 5.78 Å². The molecule has 1 aromatic rings. The third-order valence-corrected chi connectivity index (χ3v) is 4.54. The van der Waals surface area contributed by atoms with Crippen LogP contribution in [0.5, 0.6) is 0 Å². The maximum absolute atomic E-state index is 11.8. The van der Waals surface area contributed by atoms with Gasteiger partial charge in [0.2, 0.25) is 5.91 Å². The van der Waals surface area contributed by atoms with Gasteiger partial charge in [0, 0.05) is 11.7 Å². The third kappa shape index (κ3) is 3.35. The van der Waals surface area contributed by atoms with E-state index >= 15 is 0 Å². The Bertz CT molecular complexity index is 433. The maximum Gasteiger partial charge on any atom is 0.225 e. The quantitative estimate of drug-likeness (QED) is 0.905. The number of amides is 1. The van der Waals surface area contributed by atoms with Crippen molar-refractivity contribution < 1.29 is 9.59 Å². The van der Waals surface area contributed by atoms with Gasteiger partial charge in [-0.25, -0.2) is 0 Å². The fourth-order valence-electron chi connectivity index (χ4n) is 1.98. The summed E-state index contributed by atoms with van der Waals surface area (Å²) in [5.74, 6) is 0.0667. The summed E-state index contributed by atoms with van der Waals surface area (Å²) in [5.41, 5.74) is 0.970. The molecule has 96 valence electrons. The van der Waals surface area contributed by atoms with Crippen LogP contribution in [0.4, 0.5) is 0 Å². The number of rotatable bonds is 4. The second-order valence-electron chi connectivity index (χ2n) is 4.45. The van der Waals surface area contributed by atoms with Gasteiger partial charge in [0.25, 0.3) is 0 Å². The first-order chi connectivity index (χ1) is 8.69. The number of carbonyl (C=O) groups is 2. The van der Waals surface area contributed by atoms with E-state index in [1.54, 1.807) is 11.8 Å². The summed E-state index contributed by atoms with van der Waals surface area (Å²) in [6.45, 7) is 2.07. The molecule has 0 aromatic heterocycles. The summed E-state index contributed by atoms with van der Waals surface area (Å²) in [6.07, 6.45) is 1.89. The van der Waals surface area contributed by atoms with E-state index in [4.69, 9.17) is 0 Å². The molecular weight excluding hydrogens is 246 g/mol. The second-order valence-corrected chi connectivity index (χ2v) is 5.86. The van der Waals surface area contributed by atoms with Gasteiger partial charge in [-0.2, -0.15) is 0 Å². The van der Waals surface area contributed by atoms with Crippen molar-refractivity contribution in [3.05, 3.63) is 35.9 Å². The smallest absolute Gasteiger partial charge is 0.225 e. The third-order valence-electron chi connectivity index (χ3n) is 3.00. The zero-order chi connectivity index (χ0) is 13.0. The number of nitrogens with one attached hydrogen (secondary N) is 1. The van der Waals surface area contributed by atoms with Gasteiger partial charge >= 0.3 is 0 Å². The normalized spacial score (nSPS) is 23.1. The number of ketones is 1. The fraction of sp³-hybridized carbons (Fsp3) is 0.429. The first kappa shape index (κ1) is 13.1. The van der Waals surface area contributed by atoms with Crippen molar-refractivity contribution >= 4 is 23.5 Å². The molecule has 1 heterocycles. The van der Waals surface area contributed by atoms with Gasteiger partial charge in [-0.15, -0.1) is 11.8 Å². The van der Waals surface area contributed by atoms with E-state index in [1.165, 1.54) is 0 Å². The molecule has 2 rings (SSSR count). The lowest BCUT2D eigenvalue weighted by atomic mass is 10.1. The van der Waals surface area contributed by atoms with E-state index in [-0.39, 0.29) is 17.1 Å². The average molecular weight is 263 g/mol. The maximum atomic E-state index is 11.8. The lowest BCUT2D eigenvalue weighted by Gasteiger charge is -2.11. The van der Waals surface area contributed by atoms with Crippen molar-refractivity contribution in [1.29, 1.82) is 0 Å². The predicted molar refractivity (Wildman–Crippen MR) is 73.4 cm³/mol. The Morgan fingerprint density at radius 1 is 1.39 bits per heavy atom. The molecule has 4 heteroatoms.